The third-order valence-corrected chi connectivity index (χ3v) is 4.66. The number of fused-ring (bicyclic) bond motifs is 1. The average molecular weight is 342 g/mol. The number of amides is 2. The quantitative estimate of drug-likeness (QED) is 0.715. The van der Waals surface area contributed by atoms with E-state index in [0.29, 0.717) is 12.1 Å². The molecule has 1 saturated heterocycles. The molecule has 1 aliphatic heterocycles. The van der Waals surface area contributed by atoms with Gasteiger partial charge in [-0.25, -0.2) is 0 Å². The molecule has 3 heterocycles. The lowest BCUT2D eigenvalue weighted by Gasteiger charge is -2.17. The van der Waals surface area contributed by atoms with E-state index < -0.39 is 12.1 Å². The number of nitrogens with one attached hydrogen (secondary N) is 2. The number of aromatic nitrogens is 2. The number of H-pyrrole nitrogens is 1. The van der Waals surface area contributed by atoms with Crippen molar-refractivity contribution in [3.8, 4) is 0 Å². The molecule has 0 unspecified atom stereocenters. The lowest BCUT2D eigenvalue weighted by atomic mass is 10.1. The molecule has 7 heteroatoms. The second-order valence-electron chi connectivity index (χ2n) is 6.33. The molecule has 0 spiro atoms. The van der Waals surface area contributed by atoms with Gasteiger partial charge in [0.05, 0.1) is 30.3 Å². The van der Waals surface area contributed by atoms with Gasteiger partial charge in [-0.15, -0.1) is 0 Å². The molecular weight excluding hydrogens is 320 g/mol. The van der Waals surface area contributed by atoms with Gasteiger partial charge in [0.1, 0.15) is 0 Å². The number of hydrogen-bond donors (Lipinski definition) is 3. The van der Waals surface area contributed by atoms with E-state index in [1.807, 2.05) is 12.3 Å². The van der Waals surface area contributed by atoms with Gasteiger partial charge in [-0.2, -0.15) is 0 Å². The van der Waals surface area contributed by atoms with E-state index >= 15 is 0 Å². The van der Waals surface area contributed by atoms with Gasteiger partial charge in [0.2, 0.25) is 11.8 Å². The Kier molecular flexibility index (Phi) is 4.85. The molecule has 2 amide bonds. The number of aromatic amines is 1. The summed E-state index contributed by atoms with van der Waals surface area (Å²) in [5.41, 5.74) is 2.37. The van der Waals surface area contributed by atoms with Crippen molar-refractivity contribution in [1.82, 2.24) is 20.2 Å². The summed E-state index contributed by atoms with van der Waals surface area (Å²) in [5, 5.41) is 13.9. The Labute approximate surface area is 145 Å². The molecule has 0 aliphatic carbocycles. The molecular formula is C18H22N4O3. The van der Waals surface area contributed by atoms with Crippen LogP contribution in [-0.4, -0.2) is 57.0 Å². The summed E-state index contributed by atoms with van der Waals surface area (Å²) in [7, 11) is 0. The number of rotatable bonds is 4. The van der Waals surface area contributed by atoms with Crippen molar-refractivity contribution >= 4 is 22.7 Å². The fourth-order valence-electron chi connectivity index (χ4n) is 3.00. The largest absolute Gasteiger partial charge is 0.389 e. The minimum absolute atomic E-state index is 0.0729. The van der Waals surface area contributed by atoms with E-state index in [9.17, 15) is 14.7 Å². The van der Waals surface area contributed by atoms with Gasteiger partial charge in [-0.1, -0.05) is 6.08 Å². The number of pyridine rings is 1. The zero-order valence-electron chi connectivity index (χ0n) is 14.3. The smallest absolute Gasteiger partial charge is 0.246 e. The number of hydrogen-bond acceptors (Lipinski definition) is 4. The van der Waals surface area contributed by atoms with Crippen molar-refractivity contribution in [1.29, 1.82) is 0 Å². The first kappa shape index (κ1) is 17.2. The maximum Gasteiger partial charge on any atom is 0.246 e. The van der Waals surface area contributed by atoms with E-state index in [1.54, 1.807) is 37.2 Å². The minimum Gasteiger partial charge on any atom is -0.389 e. The van der Waals surface area contributed by atoms with Gasteiger partial charge in [0.25, 0.3) is 0 Å². The van der Waals surface area contributed by atoms with Crippen molar-refractivity contribution in [2.24, 2.45) is 0 Å². The number of likely N-dealkylation sites (tertiary alicyclic amines) is 1. The monoisotopic (exact) mass is 342 g/mol. The highest BCUT2D eigenvalue weighted by molar-refractivity contribution is 5.93. The summed E-state index contributed by atoms with van der Waals surface area (Å²) in [6.45, 7) is 4.03. The van der Waals surface area contributed by atoms with Crippen molar-refractivity contribution in [3.05, 3.63) is 41.9 Å². The maximum absolute atomic E-state index is 12.6. The van der Waals surface area contributed by atoms with Crippen LogP contribution >= 0.6 is 0 Å². The van der Waals surface area contributed by atoms with Crippen molar-refractivity contribution in [2.45, 2.75) is 32.4 Å². The van der Waals surface area contributed by atoms with Crippen LogP contribution in [0.3, 0.4) is 0 Å². The maximum atomic E-state index is 12.6. The molecule has 0 bridgehead atoms. The molecule has 132 valence electrons. The van der Waals surface area contributed by atoms with Gasteiger partial charge in [-0.05, 0) is 25.5 Å². The fourth-order valence-corrected chi connectivity index (χ4v) is 3.00. The highest BCUT2D eigenvalue weighted by Gasteiger charge is 2.35. The fraction of sp³-hybridized carbons (Fsp3) is 0.389. The number of nitrogens with zero attached hydrogens (tertiary/aromatic N) is 2. The van der Waals surface area contributed by atoms with Crippen molar-refractivity contribution < 1.29 is 14.7 Å². The number of carbonyl (C=O) groups excluding carboxylic acids is 2. The zero-order chi connectivity index (χ0) is 18.0. The molecule has 2 atom stereocenters. The highest BCUT2D eigenvalue weighted by atomic mass is 16.3. The summed E-state index contributed by atoms with van der Waals surface area (Å²) in [4.78, 5) is 33.3. The summed E-state index contributed by atoms with van der Waals surface area (Å²) < 4.78 is 0. The first-order valence-electron chi connectivity index (χ1n) is 8.29. The molecule has 25 heavy (non-hydrogen) atoms. The third-order valence-electron chi connectivity index (χ3n) is 4.66. The normalized spacial score (nSPS) is 20.9. The molecule has 1 aliphatic rings. The molecule has 0 saturated carbocycles. The van der Waals surface area contributed by atoms with E-state index in [0.717, 1.165) is 16.5 Å². The number of β-amino-alcohol motifs (C(OH)–C–C–N with tert-alkyl or cyclic N) is 1. The lowest BCUT2D eigenvalue weighted by molar-refractivity contribution is -0.130. The van der Waals surface area contributed by atoms with E-state index in [4.69, 9.17) is 0 Å². The first-order valence-corrected chi connectivity index (χ1v) is 8.29. The van der Waals surface area contributed by atoms with Crippen LogP contribution in [0.25, 0.3) is 10.9 Å². The second kappa shape index (κ2) is 7.06. The van der Waals surface area contributed by atoms with Crippen molar-refractivity contribution in [3.63, 3.8) is 0 Å². The van der Waals surface area contributed by atoms with Crippen LogP contribution in [0.2, 0.25) is 0 Å². The third kappa shape index (κ3) is 3.56. The number of carbonyl (C=O) groups is 2. The molecule has 2 aromatic rings. The van der Waals surface area contributed by atoms with Crippen molar-refractivity contribution in [2.75, 3.05) is 13.1 Å². The van der Waals surface area contributed by atoms with Crippen LogP contribution < -0.4 is 5.32 Å². The summed E-state index contributed by atoms with van der Waals surface area (Å²) in [5.74, 6) is -0.291. The summed E-state index contributed by atoms with van der Waals surface area (Å²) in [6.07, 6.45) is 6.42. The first-order chi connectivity index (χ1) is 12.0. The zero-order valence-corrected chi connectivity index (χ0v) is 14.3. The van der Waals surface area contributed by atoms with E-state index in [1.165, 1.54) is 0 Å². The summed E-state index contributed by atoms with van der Waals surface area (Å²) in [6, 6.07) is 1.43. The molecule has 1 fully saturated rings. The molecule has 7 nitrogen and oxygen atoms in total. The topological polar surface area (TPSA) is 98.3 Å². The Balaban J connectivity index is 1.64. The van der Waals surface area contributed by atoms with Crippen LogP contribution in [0.1, 0.15) is 19.4 Å². The minimum atomic E-state index is -0.760. The predicted octanol–water partition coefficient (Wildman–Crippen LogP) is 0.759. The van der Waals surface area contributed by atoms with Gasteiger partial charge < -0.3 is 20.3 Å². The van der Waals surface area contributed by atoms with Crippen LogP contribution in [0, 0.1) is 0 Å². The van der Waals surface area contributed by atoms with Crippen LogP contribution in [0.15, 0.2) is 36.3 Å². The molecule has 3 N–H and O–H groups in total. The Bertz CT molecular complexity index is 827. The van der Waals surface area contributed by atoms with E-state index in [-0.39, 0.29) is 24.8 Å². The molecule has 2 aromatic heterocycles. The van der Waals surface area contributed by atoms with Gasteiger partial charge >= 0.3 is 0 Å². The Morgan fingerprint density at radius 3 is 3.04 bits per heavy atom. The Morgan fingerprint density at radius 1 is 1.48 bits per heavy atom. The predicted molar refractivity (Wildman–Crippen MR) is 93.7 cm³/mol. The standard InChI is InChI=1S/C18H22N4O3/c1-3-11(2)18(25)21-15-9-22(10-16(15)23)17(24)6-12-7-20-14-8-19-5-4-13(12)14/h3-5,7-8,15-16,20,23H,6,9-10H2,1-2H3,(H,21,25)/b11-3+/t15-,16+/m1/s1. The molecule has 3 rings (SSSR count). The molecule has 0 radical (unpaired) electrons. The van der Waals surface area contributed by atoms with Gasteiger partial charge in [0.15, 0.2) is 0 Å². The number of aliphatic hydroxyl groups is 1. The number of allylic oxidation sites excluding steroid dienone is 1. The lowest BCUT2D eigenvalue weighted by Crippen LogP contribution is -2.43. The number of aliphatic hydroxyl groups excluding tert-OH is 1. The second-order valence-corrected chi connectivity index (χ2v) is 6.33. The van der Waals surface area contributed by atoms with Crippen LogP contribution in [-0.2, 0) is 16.0 Å². The molecule has 0 aromatic carbocycles. The summed E-state index contributed by atoms with van der Waals surface area (Å²) >= 11 is 0. The highest BCUT2D eigenvalue weighted by Crippen LogP contribution is 2.19. The Morgan fingerprint density at radius 2 is 2.28 bits per heavy atom. The van der Waals surface area contributed by atoms with Gasteiger partial charge in [-0.3, -0.25) is 14.6 Å². The van der Waals surface area contributed by atoms with Gasteiger partial charge in [0, 0.05) is 36.4 Å². The average Bonchev–Trinajstić information content (AvgIpc) is 3.18. The van der Waals surface area contributed by atoms with Crippen LogP contribution in [0.4, 0.5) is 0 Å². The SMILES string of the molecule is C/C=C(\C)C(=O)N[C@@H]1CN(C(=O)Cc2c[nH]c3cnccc23)C[C@@H]1O. The van der Waals surface area contributed by atoms with Crippen LogP contribution in [0.5, 0.6) is 0 Å². The van der Waals surface area contributed by atoms with E-state index in [2.05, 4.69) is 15.3 Å². The Hall–Kier alpha value is -2.67.